The van der Waals surface area contributed by atoms with Gasteiger partial charge in [-0.2, -0.15) is 13.2 Å². The summed E-state index contributed by atoms with van der Waals surface area (Å²) in [6.45, 7) is 2.98. The third kappa shape index (κ3) is 6.72. The number of fused-ring (bicyclic) bond motifs is 1. The molecule has 0 bridgehead atoms. The number of ether oxygens (including phenoxy) is 3. The van der Waals surface area contributed by atoms with Crippen LogP contribution in [0.15, 0.2) is 48.7 Å². The summed E-state index contributed by atoms with van der Waals surface area (Å²) < 4.78 is 58.0. The number of anilines is 1. The zero-order valence-electron chi connectivity index (χ0n) is 21.5. The molecule has 1 atom stereocenters. The number of benzene rings is 2. The topological polar surface area (TPSA) is 91.9 Å². The Labute approximate surface area is 233 Å². The Balaban J connectivity index is 1.03. The van der Waals surface area contributed by atoms with E-state index in [1.54, 1.807) is 4.57 Å². The van der Waals surface area contributed by atoms with E-state index in [1.165, 1.54) is 18.3 Å². The third-order valence-corrected chi connectivity index (χ3v) is 7.50. The van der Waals surface area contributed by atoms with Crippen LogP contribution in [0, 0.1) is 16.0 Å². The van der Waals surface area contributed by atoms with E-state index >= 15 is 0 Å². The van der Waals surface area contributed by atoms with Gasteiger partial charge in [0.2, 0.25) is 0 Å². The summed E-state index contributed by atoms with van der Waals surface area (Å²) in [6, 6.07) is 11.7. The summed E-state index contributed by atoms with van der Waals surface area (Å²) in [6.07, 6.45) is -0.0431. The molecule has 3 heterocycles. The second-order valence-electron chi connectivity index (χ2n) is 9.87. The van der Waals surface area contributed by atoms with Crippen LogP contribution in [0.4, 0.5) is 24.7 Å². The Kier molecular flexibility index (Phi) is 8.24. The molecule has 2 aliphatic heterocycles. The maximum atomic E-state index is 13.0. The van der Waals surface area contributed by atoms with Gasteiger partial charge in [0, 0.05) is 36.7 Å². The molecule has 3 aromatic rings. The fraction of sp³-hybridized carbons (Fsp3) is 0.444. The molecule has 0 amide bonds. The number of rotatable bonds is 9. The molecule has 1 fully saturated rings. The number of nitrogens with zero attached hydrogens (tertiary/aromatic N) is 4. The molecule has 1 saturated heterocycles. The molecule has 1 unspecified atom stereocenters. The Morgan fingerprint density at radius 2 is 1.77 bits per heavy atom. The first-order valence-corrected chi connectivity index (χ1v) is 13.4. The van der Waals surface area contributed by atoms with Crippen molar-refractivity contribution in [2.24, 2.45) is 5.92 Å². The van der Waals surface area contributed by atoms with Gasteiger partial charge in [-0.3, -0.25) is 4.57 Å². The van der Waals surface area contributed by atoms with Crippen LogP contribution in [0.25, 0.3) is 0 Å². The number of piperidine rings is 1. The molecule has 2 aromatic carbocycles. The van der Waals surface area contributed by atoms with Gasteiger partial charge in [0.15, 0.2) is 0 Å². The van der Waals surface area contributed by atoms with Crippen LogP contribution >= 0.6 is 11.6 Å². The molecule has 2 aliphatic rings. The molecule has 40 heavy (non-hydrogen) atoms. The lowest BCUT2D eigenvalue weighted by Crippen LogP contribution is -2.34. The number of alkyl halides is 3. The van der Waals surface area contributed by atoms with Crippen molar-refractivity contribution < 1.29 is 32.3 Å². The number of imidazole rings is 1. The fourth-order valence-electron chi connectivity index (χ4n) is 4.91. The largest absolute Gasteiger partial charge is 0.494 e. The molecule has 9 nitrogen and oxygen atoms in total. The van der Waals surface area contributed by atoms with Gasteiger partial charge < -0.3 is 29.2 Å². The van der Waals surface area contributed by atoms with Crippen molar-refractivity contribution in [3.05, 3.63) is 69.4 Å². The minimum atomic E-state index is -4.52. The second kappa shape index (κ2) is 11.8. The van der Waals surface area contributed by atoms with Crippen molar-refractivity contribution in [1.29, 1.82) is 0 Å². The molecule has 0 radical (unpaired) electrons. The van der Waals surface area contributed by atoms with Crippen molar-refractivity contribution in [3.63, 3.8) is 0 Å². The van der Waals surface area contributed by atoms with Crippen LogP contribution in [0.2, 0.25) is 5.02 Å². The summed E-state index contributed by atoms with van der Waals surface area (Å²) in [7, 11) is 0. The van der Waals surface area contributed by atoms with Crippen molar-refractivity contribution >= 4 is 23.1 Å². The zero-order valence-corrected chi connectivity index (χ0v) is 22.2. The van der Waals surface area contributed by atoms with Crippen LogP contribution in [-0.4, -0.2) is 46.9 Å². The lowest BCUT2D eigenvalue weighted by molar-refractivity contribution is -0.389. The standard InChI is InChI=1S/C27H28ClF3N4O5/c28-24-6-5-21(15-23(24)27(29,30)31)38-14-10-18-7-11-33(12-8-18)19-1-3-20(4-2-19)39-17-22-9-13-34-16-25(35(36)37)32-26(34)40-22/h1-6,15-16,18,22H,7-14,17H2. The number of aromatic nitrogens is 2. The minimum absolute atomic E-state index is 0.168. The van der Waals surface area contributed by atoms with E-state index in [9.17, 15) is 23.3 Å². The summed E-state index contributed by atoms with van der Waals surface area (Å²) >= 11 is 5.67. The molecular weight excluding hydrogens is 553 g/mol. The van der Waals surface area contributed by atoms with Gasteiger partial charge >= 0.3 is 18.0 Å². The predicted molar refractivity (Wildman–Crippen MR) is 141 cm³/mol. The Hall–Kier alpha value is -3.67. The minimum Gasteiger partial charge on any atom is -0.494 e. The maximum absolute atomic E-state index is 13.0. The lowest BCUT2D eigenvalue weighted by atomic mass is 9.93. The number of nitro groups is 1. The van der Waals surface area contributed by atoms with Gasteiger partial charge in [0.05, 0.1) is 17.2 Å². The summed E-state index contributed by atoms with van der Waals surface area (Å²) in [5.74, 6) is 1.07. The number of halogens is 4. The average molecular weight is 581 g/mol. The third-order valence-electron chi connectivity index (χ3n) is 7.17. The van der Waals surface area contributed by atoms with Gasteiger partial charge in [-0.05, 0) is 72.6 Å². The summed E-state index contributed by atoms with van der Waals surface area (Å²) in [5, 5.41) is 10.6. The van der Waals surface area contributed by atoms with Crippen LogP contribution in [0.3, 0.4) is 0 Å². The first-order chi connectivity index (χ1) is 19.2. The highest BCUT2D eigenvalue weighted by Crippen LogP contribution is 2.37. The smallest absolute Gasteiger partial charge is 0.417 e. The number of hydrogen-bond acceptors (Lipinski definition) is 7. The molecular formula is C27H28ClF3N4O5. The highest BCUT2D eigenvalue weighted by Gasteiger charge is 2.33. The predicted octanol–water partition coefficient (Wildman–Crippen LogP) is 6.38. The molecule has 1 aromatic heterocycles. The van der Waals surface area contributed by atoms with Crippen molar-refractivity contribution in [2.75, 3.05) is 31.2 Å². The van der Waals surface area contributed by atoms with E-state index in [0.29, 0.717) is 37.8 Å². The fourth-order valence-corrected chi connectivity index (χ4v) is 5.14. The van der Waals surface area contributed by atoms with Crippen LogP contribution < -0.4 is 19.1 Å². The molecule has 0 aliphatic carbocycles. The van der Waals surface area contributed by atoms with Crippen molar-refractivity contribution in [3.8, 4) is 17.5 Å². The Morgan fingerprint density at radius 1 is 1.05 bits per heavy atom. The van der Waals surface area contributed by atoms with E-state index in [2.05, 4.69) is 9.88 Å². The van der Waals surface area contributed by atoms with Gasteiger partial charge in [0.25, 0.3) is 0 Å². The van der Waals surface area contributed by atoms with E-state index < -0.39 is 16.7 Å². The van der Waals surface area contributed by atoms with Crippen LogP contribution in [0.1, 0.15) is 31.2 Å². The Bertz CT molecular complexity index is 1330. The molecule has 13 heteroatoms. The molecule has 0 saturated carbocycles. The normalized spacial score (nSPS) is 17.7. The molecule has 214 valence electrons. The quantitative estimate of drug-likeness (QED) is 0.214. The number of aryl methyl sites for hydroxylation is 1. The van der Waals surface area contributed by atoms with Crippen LogP contribution in [0.5, 0.6) is 17.5 Å². The van der Waals surface area contributed by atoms with E-state index in [1.807, 2.05) is 24.3 Å². The first kappa shape index (κ1) is 27.9. The SMILES string of the molecule is O=[N+]([O-])c1cn2c(n1)OC(COc1ccc(N3CCC(CCOc4ccc(Cl)c(C(F)(F)F)c4)CC3)cc1)CC2. The van der Waals surface area contributed by atoms with E-state index in [-0.39, 0.29) is 28.7 Å². The highest BCUT2D eigenvalue weighted by molar-refractivity contribution is 6.31. The molecule has 0 N–H and O–H groups in total. The number of hydrogen-bond donors (Lipinski definition) is 0. The second-order valence-corrected chi connectivity index (χ2v) is 10.3. The lowest BCUT2D eigenvalue weighted by Gasteiger charge is -2.33. The van der Waals surface area contributed by atoms with Gasteiger partial charge in [0.1, 0.15) is 30.4 Å². The highest BCUT2D eigenvalue weighted by atomic mass is 35.5. The Morgan fingerprint density at radius 3 is 2.48 bits per heavy atom. The van der Waals surface area contributed by atoms with Crippen molar-refractivity contribution in [2.45, 2.75) is 44.5 Å². The van der Waals surface area contributed by atoms with E-state index in [0.717, 1.165) is 44.1 Å². The van der Waals surface area contributed by atoms with Gasteiger partial charge in [-0.15, -0.1) is 0 Å². The monoisotopic (exact) mass is 580 g/mol. The van der Waals surface area contributed by atoms with Gasteiger partial charge in [-0.25, -0.2) is 0 Å². The molecule has 5 rings (SSSR count). The first-order valence-electron chi connectivity index (χ1n) is 13.0. The summed E-state index contributed by atoms with van der Waals surface area (Å²) in [5.41, 5.74) is 0.200. The maximum Gasteiger partial charge on any atom is 0.417 e. The summed E-state index contributed by atoms with van der Waals surface area (Å²) in [4.78, 5) is 16.6. The molecule has 0 spiro atoms. The zero-order chi connectivity index (χ0) is 28.3. The van der Waals surface area contributed by atoms with Crippen molar-refractivity contribution in [1.82, 2.24) is 9.55 Å². The van der Waals surface area contributed by atoms with E-state index in [4.69, 9.17) is 25.8 Å². The van der Waals surface area contributed by atoms with Crippen LogP contribution in [-0.2, 0) is 12.7 Å². The average Bonchev–Trinajstić information content (AvgIpc) is 3.37. The van der Waals surface area contributed by atoms with Gasteiger partial charge in [-0.1, -0.05) is 11.6 Å².